The summed E-state index contributed by atoms with van der Waals surface area (Å²) in [6.07, 6.45) is 1.97. The van der Waals surface area contributed by atoms with Crippen molar-refractivity contribution in [2.75, 3.05) is 13.2 Å². The number of hydrogen-bond donors (Lipinski definition) is 1. The molecule has 0 aromatic heterocycles. The van der Waals surface area contributed by atoms with Gasteiger partial charge in [0.25, 0.3) is 5.91 Å². The molecule has 2 rings (SSSR count). The molecule has 0 unspecified atom stereocenters. The summed E-state index contributed by atoms with van der Waals surface area (Å²) in [7, 11) is 0. The Morgan fingerprint density at radius 3 is 2.50 bits per heavy atom. The Bertz CT molecular complexity index is 747. The highest BCUT2D eigenvalue weighted by molar-refractivity contribution is 8.26. The molecule has 0 aliphatic carbocycles. The molecule has 0 spiro atoms. The van der Waals surface area contributed by atoms with Gasteiger partial charge in [-0.2, -0.15) is 0 Å². The lowest BCUT2D eigenvalue weighted by Gasteiger charge is -2.21. The number of rotatable bonds is 8. The minimum Gasteiger partial charge on any atom is -0.490 e. The maximum Gasteiger partial charge on any atom is 0.326 e. The van der Waals surface area contributed by atoms with Crippen molar-refractivity contribution < 1.29 is 24.2 Å². The number of thioether (sulfide) groups is 1. The number of thiocarbonyl (C=S) groups is 1. The number of amides is 1. The highest BCUT2D eigenvalue weighted by atomic mass is 32.2. The van der Waals surface area contributed by atoms with Gasteiger partial charge in [0.15, 0.2) is 11.5 Å². The molecule has 1 aromatic carbocycles. The van der Waals surface area contributed by atoms with Crippen molar-refractivity contribution in [3.63, 3.8) is 0 Å². The molecule has 1 N–H and O–H groups in total. The Morgan fingerprint density at radius 2 is 1.92 bits per heavy atom. The summed E-state index contributed by atoms with van der Waals surface area (Å²) in [5.41, 5.74) is 0.751. The summed E-state index contributed by atoms with van der Waals surface area (Å²) < 4.78 is 11.4. The number of nitrogens with zero attached hydrogens (tertiary/aromatic N) is 1. The minimum absolute atomic E-state index is 0.256. The van der Waals surface area contributed by atoms with E-state index in [1.807, 2.05) is 19.9 Å². The van der Waals surface area contributed by atoms with Gasteiger partial charge in [-0.05, 0) is 44.0 Å². The zero-order valence-corrected chi connectivity index (χ0v) is 16.5. The van der Waals surface area contributed by atoms with E-state index < -0.39 is 12.0 Å². The van der Waals surface area contributed by atoms with Gasteiger partial charge in [-0.15, -0.1) is 0 Å². The summed E-state index contributed by atoms with van der Waals surface area (Å²) in [5, 5.41) is 9.31. The third-order valence-electron chi connectivity index (χ3n) is 3.67. The average Bonchev–Trinajstić information content (AvgIpc) is 2.86. The van der Waals surface area contributed by atoms with Crippen molar-refractivity contribution in [2.45, 2.75) is 33.2 Å². The summed E-state index contributed by atoms with van der Waals surface area (Å²) >= 11 is 6.32. The van der Waals surface area contributed by atoms with Crippen LogP contribution in [0.3, 0.4) is 0 Å². The third-order valence-corrected chi connectivity index (χ3v) is 5.00. The molecule has 0 saturated carbocycles. The van der Waals surface area contributed by atoms with Crippen molar-refractivity contribution in [3.05, 3.63) is 28.7 Å². The Hall–Kier alpha value is -2.06. The molecule has 1 amide bonds. The number of hydrogen-bond acceptors (Lipinski definition) is 6. The molecule has 1 fully saturated rings. The zero-order valence-electron chi connectivity index (χ0n) is 14.9. The van der Waals surface area contributed by atoms with E-state index >= 15 is 0 Å². The van der Waals surface area contributed by atoms with Crippen molar-refractivity contribution >= 4 is 46.3 Å². The van der Waals surface area contributed by atoms with Gasteiger partial charge in [0.2, 0.25) is 0 Å². The standard InChI is InChI=1S/C18H21NO5S2/c1-4-12(17(21)22)19-16(20)15(26-18(19)25)10-11-7-8-13(23-5-2)14(9-11)24-6-3/h7-10,12H,4-6H2,1-3H3,(H,21,22)/b15-10-/t12-/m1/s1. The zero-order chi connectivity index (χ0) is 19.3. The highest BCUT2D eigenvalue weighted by Crippen LogP contribution is 2.36. The minimum atomic E-state index is -1.07. The predicted molar refractivity (Wildman–Crippen MR) is 106 cm³/mol. The molecule has 1 aromatic rings. The molecule has 8 heteroatoms. The van der Waals surface area contributed by atoms with Crippen molar-refractivity contribution in [3.8, 4) is 11.5 Å². The van der Waals surface area contributed by atoms with Crippen LogP contribution in [-0.2, 0) is 9.59 Å². The first-order valence-corrected chi connectivity index (χ1v) is 9.54. The van der Waals surface area contributed by atoms with Crippen LogP contribution in [0.25, 0.3) is 6.08 Å². The largest absolute Gasteiger partial charge is 0.490 e. The SMILES string of the molecule is CCOc1ccc(/C=C2\SC(=S)N([C@H](CC)C(=O)O)C2=O)cc1OCC. The maximum atomic E-state index is 12.6. The van der Waals surface area contributed by atoms with E-state index in [0.29, 0.717) is 29.6 Å². The van der Waals surface area contributed by atoms with E-state index in [-0.39, 0.29) is 16.6 Å². The summed E-state index contributed by atoms with van der Waals surface area (Å²) in [4.78, 5) is 25.6. The molecule has 140 valence electrons. The lowest BCUT2D eigenvalue weighted by molar-refractivity contribution is -0.145. The molecule has 1 saturated heterocycles. The van der Waals surface area contributed by atoms with Gasteiger partial charge >= 0.3 is 5.97 Å². The van der Waals surface area contributed by atoms with Gasteiger partial charge in [0.1, 0.15) is 10.4 Å². The molecule has 1 atom stereocenters. The van der Waals surface area contributed by atoms with Crippen LogP contribution in [0, 0.1) is 0 Å². The van der Waals surface area contributed by atoms with Crippen LogP contribution >= 0.6 is 24.0 Å². The van der Waals surface area contributed by atoms with Crippen molar-refractivity contribution in [2.24, 2.45) is 0 Å². The second-order valence-corrected chi connectivity index (χ2v) is 7.06. The van der Waals surface area contributed by atoms with Crippen LogP contribution in [0.4, 0.5) is 0 Å². The predicted octanol–water partition coefficient (Wildman–Crippen LogP) is 3.55. The number of benzene rings is 1. The van der Waals surface area contributed by atoms with E-state index in [1.165, 1.54) is 4.90 Å². The second-order valence-electron chi connectivity index (χ2n) is 5.39. The van der Waals surface area contributed by atoms with Gasteiger partial charge in [-0.25, -0.2) is 4.79 Å². The van der Waals surface area contributed by atoms with Crippen LogP contribution in [0.15, 0.2) is 23.1 Å². The van der Waals surface area contributed by atoms with Crippen LogP contribution in [0.1, 0.15) is 32.8 Å². The van der Waals surface area contributed by atoms with E-state index in [4.69, 9.17) is 21.7 Å². The smallest absolute Gasteiger partial charge is 0.326 e. The Labute approximate surface area is 162 Å². The van der Waals surface area contributed by atoms with Crippen molar-refractivity contribution in [1.29, 1.82) is 0 Å². The fourth-order valence-electron chi connectivity index (χ4n) is 2.52. The molecule has 1 heterocycles. The molecule has 0 bridgehead atoms. The number of aliphatic carboxylic acids is 1. The number of ether oxygens (including phenoxy) is 2. The summed E-state index contributed by atoms with van der Waals surface area (Å²) in [6, 6.07) is 4.43. The Balaban J connectivity index is 2.32. The monoisotopic (exact) mass is 395 g/mol. The molecule has 1 aliphatic heterocycles. The first-order chi connectivity index (χ1) is 12.4. The molecule has 1 aliphatic rings. The van der Waals surface area contributed by atoms with E-state index in [9.17, 15) is 14.7 Å². The van der Waals surface area contributed by atoms with E-state index in [0.717, 1.165) is 17.3 Å². The first kappa shape index (κ1) is 20.3. The number of carboxylic acid groups (broad SMARTS) is 1. The Kier molecular flexibility index (Phi) is 7.05. The topological polar surface area (TPSA) is 76.1 Å². The quantitative estimate of drug-likeness (QED) is 0.533. The highest BCUT2D eigenvalue weighted by Gasteiger charge is 2.39. The number of carbonyl (C=O) groups is 2. The third kappa shape index (κ3) is 4.37. The maximum absolute atomic E-state index is 12.6. The van der Waals surface area contributed by atoms with Gasteiger partial charge in [0.05, 0.1) is 18.1 Å². The van der Waals surface area contributed by atoms with Gasteiger partial charge < -0.3 is 14.6 Å². The van der Waals surface area contributed by atoms with Gasteiger partial charge in [-0.1, -0.05) is 37.0 Å². The molecular formula is C18H21NO5S2. The summed E-state index contributed by atoms with van der Waals surface area (Å²) in [6.45, 7) is 6.49. The fraction of sp³-hybridized carbons (Fsp3) is 0.389. The molecule has 6 nitrogen and oxygen atoms in total. The fourth-order valence-corrected chi connectivity index (χ4v) is 3.88. The van der Waals surface area contributed by atoms with Crippen LogP contribution in [-0.4, -0.2) is 45.5 Å². The molecule has 26 heavy (non-hydrogen) atoms. The number of carbonyl (C=O) groups excluding carboxylic acids is 1. The number of carboxylic acids is 1. The normalized spacial score (nSPS) is 16.9. The molecule has 0 radical (unpaired) electrons. The van der Waals surface area contributed by atoms with Gasteiger partial charge in [-0.3, -0.25) is 9.69 Å². The average molecular weight is 396 g/mol. The second kappa shape index (κ2) is 9.05. The Morgan fingerprint density at radius 1 is 1.27 bits per heavy atom. The lowest BCUT2D eigenvalue weighted by atomic mass is 10.1. The summed E-state index contributed by atoms with van der Waals surface area (Å²) in [5.74, 6) is -0.225. The van der Waals surface area contributed by atoms with Crippen LogP contribution in [0.5, 0.6) is 11.5 Å². The van der Waals surface area contributed by atoms with Gasteiger partial charge in [0, 0.05) is 0 Å². The van der Waals surface area contributed by atoms with E-state index in [1.54, 1.807) is 25.1 Å². The van der Waals surface area contributed by atoms with Crippen LogP contribution < -0.4 is 9.47 Å². The van der Waals surface area contributed by atoms with Crippen LogP contribution in [0.2, 0.25) is 0 Å². The molecular weight excluding hydrogens is 374 g/mol. The van der Waals surface area contributed by atoms with Crippen molar-refractivity contribution in [1.82, 2.24) is 4.90 Å². The first-order valence-electron chi connectivity index (χ1n) is 8.32. The lowest BCUT2D eigenvalue weighted by Crippen LogP contribution is -2.43. The van der Waals surface area contributed by atoms with E-state index in [2.05, 4.69) is 0 Å².